The molecule has 0 atom stereocenters. The summed E-state index contributed by atoms with van der Waals surface area (Å²) in [6.07, 6.45) is 0.111. The Morgan fingerprint density at radius 2 is 1.88 bits per heavy atom. The van der Waals surface area contributed by atoms with Crippen molar-refractivity contribution in [3.63, 3.8) is 0 Å². The fraction of sp³-hybridized carbons (Fsp3) is 0.211. The zero-order chi connectivity index (χ0) is 18.8. The second-order valence-electron chi connectivity index (χ2n) is 6.20. The van der Waals surface area contributed by atoms with E-state index in [1.165, 1.54) is 12.1 Å². The Balaban J connectivity index is 2.14. The fourth-order valence-corrected chi connectivity index (χ4v) is 2.98. The Hall–Kier alpha value is -2.24. The number of hydrogen-bond acceptors (Lipinski definition) is 3. The Morgan fingerprint density at radius 1 is 1.12 bits per heavy atom. The van der Waals surface area contributed by atoms with Gasteiger partial charge in [-0.3, -0.25) is 4.79 Å². The zero-order valence-corrected chi connectivity index (χ0v) is 15.7. The maximum absolute atomic E-state index is 13.5. The molecule has 1 aromatic carbocycles. The summed E-state index contributed by atoms with van der Waals surface area (Å²) in [6.45, 7) is 3.77. The number of fused-ring (bicyclic) bond motifs is 1. The highest BCUT2D eigenvalue weighted by Gasteiger charge is 2.15. The Labute approximate surface area is 160 Å². The summed E-state index contributed by atoms with van der Waals surface area (Å²) < 4.78 is 13.5. The molecule has 0 bridgehead atoms. The highest BCUT2D eigenvalue weighted by Crippen LogP contribution is 2.29. The number of nitrogens with zero attached hydrogens (tertiary/aromatic N) is 2. The van der Waals surface area contributed by atoms with Crippen LogP contribution in [-0.4, -0.2) is 21.9 Å². The highest BCUT2D eigenvalue weighted by atomic mass is 35.5. The lowest BCUT2D eigenvalue weighted by molar-refractivity contribution is -0.120. The van der Waals surface area contributed by atoms with Crippen LogP contribution in [0.3, 0.4) is 0 Å². The number of hydrogen-bond donors (Lipinski definition) is 1. The maximum Gasteiger partial charge on any atom is 0.224 e. The average Bonchev–Trinajstić information content (AvgIpc) is 2.56. The molecule has 3 aromatic rings. The molecule has 0 saturated heterocycles. The fourth-order valence-electron chi connectivity index (χ4n) is 2.64. The monoisotopic (exact) mass is 391 g/mol. The summed E-state index contributed by atoms with van der Waals surface area (Å²) >= 11 is 11.9. The van der Waals surface area contributed by atoms with Gasteiger partial charge in [0.25, 0.3) is 0 Å². The van der Waals surface area contributed by atoms with Gasteiger partial charge < -0.3 is 5.32 Å². The molecule has 7 heteroatoms. The summed E-state index contributed by atoms with van der Waals surface area (Å²) in [4.78, 5) is 21.1. The van der Waals surface area contributed by atoms with Crippen molar-refractivity contribution in [1.82, 2.24) is 15.3 Å². The van der Waals surface area contributed by atoms with Gasteiger partial charge in [-0.15, -0.1) is 0 Å². The number of benzene rings is 1. The molecule has 134 valence electrons. The maximum atomic E-state index is 13.5. The topological polar surface area (TPSA) is 54.9 Å². The molecule has 2 heterocycles. The van der Waals surface area contributed by atoms with Gasteiger partial charge in [0.05, 0.1) is 28.2 Å². The van der Waals surface area contributed by atoms with Crippen molar-refractivity contribution >= 4 is 40.1 Å². The first-order valence-electron chi connectivity index (χ1n) is 8.04. The lowest BCUT2D eigenvalue weighted by Crippen LogP contribution is -2.31. The molecule has 0 aliphatic rings. The van der Waals surface area contributed by atoms with Gasteiger partial charge in [-0.25, -0.2) is 14.4 Å². The summed E-state index contributed by atoms with van der Waals surface area (Å²) in [7, 11) is 0. The number of carbonyl (C=O) groups is 1. The molecule has 0 spiro atoms. The minimum Gasteiger partial charge on any atom is -0.354 e. The third-order valence-corrected chi connectivity index (χ3v) is 4.21. The lowest BCUT2D eigenvalue weighted by Gasteiger charge is -2.13. The molecule has 3 rings (SSSR count). The predicted molar refractivity (Wildman–Crippen MR) is 102 cm³/mol. The molecule has 4 nitrogen and oxygen atoms in total. The van der Waals surface area contributed by atoms with E-state index < -0.39 is 5.82 Å². The van der Waals surface area contributed by atoms with Gasteiger partial charge in [-0.05, 0) is 55.8 Å². The van der Waals surface area contributed by atoms with Crippen LogP contribution in [0.2, 0.25) is 10.2 Å². The molecule has 0 aliphatic heterocycles. The van der Waals surface area contributed by atoms with E-state index in [4.69, 9.17) is 23.2 Å². The summed E-state index contributed by atoms with van der Waals surface area (Å²) in [5.74, 6) is -0.651. The van der Waals surface area contributed by atoms with E-state index in [0.29, 0.717) is 33.0 Å². The van der Waals surface area contributed by atoms with Crippen LogP contribution >= 0.6 is 23.2 Å². The molecule has 0 unspecified atom stereocenters. The summed E-state index contributed by atoms with van der Waals surface area (Å²) in [5, 5.41) is 3.19. The molecule has 0 aliphatic carbocycles. The number of halogens is 3. The van der Waals surface area contributed by atoms with Gasteiger partial charge in [-0.1, -0.05) is 23.2 Å². The van der Waals surface area contributed by atoms with Crippen molar-refractivity contribution in [2.24, 2.45) is 0 Å². The summed E-state index contributed by atoms with van der Waals surface area (Å²) in [5.41, 5.74) is 3.05. The SMILES string of the molecule is CC(C)NC(=O)Cc1cc2nc(Cl)ccc2nc1-c1ccc(F)c(Cl)c1. The Kier molecular flexibility index (Phi) is 5.39. The van der Waals surface area contributed by atoms with E-state index >= 15 is 0 Å². The Morgan fingerprint density at radius 3 is 2.58 bits per heavy atom. The Bertz CT molecular complexity index is 992. The molecule has 0 radical (unpaired) electrons. The van der Waals surface area contributed by atoms with Crippen LogP contribution in [0.25, 0.3) is 22.3 Å². The quantitative estimate of drug-likeness (QED) is 0.649. The molecule has 1 N–H and O–H groups in total. The first-order valence-corrected chi connectivity index (χ1v) is 8.80. The molecule has 26 heavy (non-hydrogen) atoms. The van der Waals surface area contributed by atoms with Gasteiger partial charge in [0.15, 0.2) is 0 Å². The molecular weight excluding hydrogens is 376 g/mol. The number of pyridine rings is 2. The van der Waals surface area contributed by atoms with Crippen molar-refractivity contribution in [1.29, 1.82) is 0 Å². The molecule has 1 amide bonds. The van der Waals surface area contributed by atoms with Crippen LogP contribution in [0.1, 0.15) is 19.4 Å². The third-order valence-electron chi connectivity index (χ3n) is 3.71. The number of nitrogens with one attached hydrogen (secondary N) is 1. The number of rotatable bonds is 4. The standard InChI is InChI=1S/C19H16Cl2FN3O/c1-10(2)23-18(26)9-12-8-16-15(5-6-17(21)24-16)25-19(12)11-3-4-14(22)13(20)7-11/h3-8,10H,9H2,1-2H3,(H,23,26). The largest absolute Gasteiger partial charge is 0.354 e. The number of amides is 1. The normalized spacial score (nSPS) is 11.2. The van der Waals surface area contributed by atoms with Gasteiger partial charge >= 0.3 is 0 Å². The van der Waals surface area contributed by atoms with Crippen molar-refractivity contribution < 1.29 is 9.18 Å². The first-order chi connectivity index (χ1) is 12.3. The lowest BCUT2D eigenvalue weighted by atomic mass is 10.0. The van der Waals surface area contributed by atoms with Crippen LogP contribution in [-0.2, 0) is 11.2 Å². The second kappa shape index (κ2) is 7.56. The molecule has 0 saturated carbocycles. The van der Waals surface area contributed by atoms with E-state index in [9.17, 15) is 9.18 Å². The minimum absolute atomic E-state index is 0.00351. The van der Waals surface area contributed by atoms with Crippen molar-refractivity contribution in [3.8, 4) is 11.3 Å². The van der Waals surface area contributed by atoms with Gasteiger partial charge in [0.2, 0.25) is 5.91 Å². The van der Waals surface area contributed by atoms with Crippen molar-refractivity contribution in [3.05, 3.63) is 58.0 Å². The van der Waals surface area contributed by atoms with E-state index in [1.54, 1.807) is 24.3 Å². The van der Waals surface area contributed by atoms with Gasteiger partial charge in [-0.2, -0.15) is 0 Å². The zero-order valence-electron chi connectivity index (χ0n) is 14.2. The third kappa shape index (κ3) is 4.11. The van der Waals surface area contributed by atoms with Crippen molar-refractivity contribution in [2.45, 2.75) is 26.3 Å². The molecule has 2 aromatic heterocycles. The summed E-state index contributed by atoms with van der Waals surface area (Å²) in [6, 6.07) is 9.55. The van der Waals surface area contributed by atoms with E-state index in [0.717, 1.165) is 0 Å². The second-order valence-corrected chi connectivity index (χ2v) is 6.99. The van der Waals surface area contributed by atoms with Gasteiger partial charge in [0.1, 0.15) is 11.0 Å². The minimum atomic E-state index is -0.510. The van der Waals surface area contributed by atoms with Crippen LogP contribution < -0.4 is 5.32 Å². The van der Waals surface area contributed by atoms with Crippen LogP contribution in [0, 0.1) is 5.82 Å². The predicted octanol–water partition coefficient (Wildman–Crippen LogP) is 4.81. The van der Waals surface area contributed by atoms with Crippen LogP contribution in [0.5, 0.6) is 0 Å². The molecule has 0 fully saturated rings. The van der Waals surface area contributed by atoms with Crippen LogP contribution in [0.4, 0.5) is 4.39 Å². The average molecular weight is 392 g/mol. The first kappa shape index (κ1) is 18.5. The molecular formula is C19H16Cl2FN3O. The number of carbonyl (C=O) groups excluding carboxylic acids is 1. The highest BCUT2D eigenvalue weighted by molar-refractivity contribution is 6.31. The van der Waals surface area contributed by atoms with Gasteiger partial charge in [0, 0.05) is 11.6 Å². The van der Waals surface area contributed by atoms with E-state index in [-0.39, 0.29) is 23.4 Å². The van der Waals surface area contributed by atoms with E-state index in [1.807, 2.05) is 13.8 Å². The number of aromatic nitrogens is 2. The van der Waals surface area contributed by atoms with Crippen LogP contribution in [0.15, 0.2) is 36.4 Å². The van der Waals surface area contributed by atoms with E-state index in [2.05, 4.69) is 15.3 Å². The smallest absolute Gasteiger partial charge is 0.224 e. The van der Waals surface area contributed by atoms with Crippen molar-refractivity contribution in [2.75, 3.05) is 0 Å².